The Balaban J connectivity index is 2.03. The van der Waals surface area contributed by atoms with E-state index >= 15 is 0 Å². The van der Waals surface area contributed by atoms with Crippen molar-refractivity contribution in [2.75, 3.05) is 7.05 Å². The third kappa shape index (κ3) is 1.95. The van der Waals surface area contributed by atoms with Crippen molar-refractivity contribution >= 4 is 5.91 Å². The zero-order valence-electron chi connectivity index (χ0n) is 7.88. The molecule has 0 aliphatic carbocycles. The van der Waals surface area contributed by atoms with Crippen LogP contribution in [0.25, 0.3) is 0 Å². The van der Waals surface area contributed by atoms with Crippen molar-refractivity contribution in [3.63, 3.8) is 0 Å². The molecule has 9 nitrogen and oxygen atoms in total. The quantitative estimate of drug-likeness (QED) is 0.640. The highest BCUT2D eigenvalue weighted by Crippen LogP contribution is 1.98. The molecule has 2 aromatic rings. The summed E-state index contributed by atoms with van der Waals surface area (Å²) in [5.41, 5.74) is 0. The van der Waals surface area contributed by atoms with Crippen LogP contribution < -0.4 is 0 Å². The summed E-state index contributed by atoms with van der Waals surface area (Å²) in [6, 6.07) is 0. The first-order valence-electron chi connectivity index (χ1n) is 4.10. The average Bonchev–Trinajstić information content (AvgIpc) is 2.88. The molecule has 1 amide bonds. The smallest absolute Gasteiger partial charge is 0.295 e. The molecule has 0 unspecified atom stereocenters. The second-order valence-corrected chi connectivity index (χ2v) is 2.83. The van der Waals surface area contributed by atoms with Gasteiger partial charge in [-0.15, -0.1) is 10.2 Å². The second-order valence-electron chi connectivity index (χ2n) is 2.83. The summed E-state index contributed by atoms with van der Waals surface area (Å²) in [4.78, 5) is 16.9. The van der Waals surface area contributed by atoms with Gasteiger partial charge in [0.05, 0.1) is 6.54 Å². The van der Waals surface area contributed by atoms with Crippen molar-refractivity contribution in [2.24, 2.45) is 0 Å². The Labute approximate surface area is 83.9 Å². The molecule has 0 bridgehead atoms. The molecule has 0 saturated heterocycles. The molecule has 2 rings (SSSR count). The van der Waals surface area contributed by atoms with Gasteiger partial charge in [-0.2, -0.15) is 10.3 Å². The molecule has 0 aromatic carbocycles. The standard InChI is InChI=1S/C6H8N8O/c1-14(2-4-7-3-8-9-4)6(15)5-10-12-13-11-5/h3H,2H2,1H3,(H,7,8,9)(H,10,11,12,13). The van der Waals surface area contributed by atoms with Gasteiger partial charge in [0, 0.05) is 7.05 Å². The van der Waals surface area contributed by atoms with Crippen LogP contribution in [0, 0.1) is 0 Å². The fraction of sp³-hybridized carbons (Fsp3) is 0.333. The highest BCUT2D eigenvalue weighted by Gasteiger charge is 2.16. The summed E-state index contributed by atoms with van der Waals surface area (Å²) in [7, 11) is 1.61. The van der Waals surface area contributed by atoms with Crippen molar-refractivity contribution < 1.29 is 4.79 Å². The number of H-pyrrole nitrogens is 2. The van der Waals surface area contributed by atoms with Gasteiger partial charge in [-0.25, -0.2) is 4.98 Å². The van der Waals surface area contributed by atoms with Crippen LogP contribution in [0.15, 0.2) is 6.33 Å². The van der Waals surface area contributed by atoms with Crippen LogP contribution in [0.4, 0.5) is 0 Å². The minimum absolute atomic E-state index is 0.0250. The van der Waals surface area contributed by atoms with Gasteiger partial charge in [0.15, 0.2) is 0 Å². The van der Waals surface area contributed by atoms with Gasteiger partial charge in [0.2, 0.25) is 0 Å². The average molecular weight is 208 g/mol. The van der Waals surface area contributed by atoms with E-state index in [1.54, 1.807) is 7.05 Å². The van der Waals surface area contributed by atoms with Crippen LogP contribution in [0.3, 0.4) is 0 Å². The molecular formula is C6H8N8O. The number of aromatic nitrogens is 7. The molecular weight excluding hydrogens is 200 g/mol. The maximum absolute atomic E-state index is 11.6. The van der Waals surface area contributed by atoms with Crippen LogP contribution in [0.1, 0.15) is 16.4 Å². The monoisotopic (exact) mass is 208 g/mol. The van der Waals surface area contributed by atoms with E-state index in [4.69, 9.17) is 0 Å². The Morgan fingerprint density at radius 3 is 3.07 bits per heavy atom. The van der Waals surface area contributed by atoms with E-state index in [2.05, 4.69) is 35.8 Å². The van der Waals surface area contributed by atoms with E-state index in [1.807, 2.05) is 0 Å². The zero-order valence-corrected chi connectivity index (χ0v) is 7.88. The number of carbonyl (C=O) groups excluding carboxylic acids is 1. The minimum atomic E-state index is -0.333. The summed E-state index contributed by atoms with van der Waals surface area (Å²) in [6.45, 7) is 0.313. The van der Waals surface area contributed by atoms with E-state index in [-0.39, 0.29) is 11.7 Å². The second kappa shape index (κ2) is 3.82. The Morgan fingerprint density at radius 2 is 2.47 bits per heavy atom. The number of hydrogen-bond donors (Lipinski definition) is 2. The van der Waals surface area contributed by atoms with Crippen LogP contribution in [-0.2, 0) is 6.54 Å². The maximum atomic E-state index is 11.6. The van der Waals surface area contributed by atoms with Crippen molar-refractivity contribution in [3.8, 4) is 0 Å². The van der Waals surface area contributed by atoms with Crippen molar-refractivity contribution in [1.29, 1.82) is 0 Å². The first kappa shape index (κ1) is 9.24. The van der Waals surface area contributed by atoms with E-state index in [9.17, 15) is 4.79 Å². The number of carbonyl (C=O) groups is 1. The molecule has 9 heteroatoms. The molecule has 2 aromatic heterocycles. The third-order valence-electron chi connectivity index (χ3n) is 1.74. The van der Waals surface area contributed by atoms with Gasteiger partial charge in [-0.3, -0.25) is 9.89 Å². The number of hydrogen-bond acceptors (Lipinski definition) is 6. The van der Waals surface area contributed by atoms with Gasteiger partial charge in [0.1, 0.15) is 12.2 Å². The summed E-state index contributed by atoms with van der Waals surface area (Å²) < 4.78 is 0. The Bertz CT molecular complexity index is 420. The normalized spacial score (nSPS) is 10.2. The number of rotatable bonds is 3. The summed E-state index contributed by atoms with van der Waals surface area (Å²) in [6.07, 6.45) is 1.38. The van der Waals surface area contributed by atoms with Gasteiger partial charge in [-0.05, 0) is 5.21 Å². The van der Waals surface area contributed by atoms with E-state index in [1.165, 1.54) is 11.2 Å². The zero-order chi connectivity index (χ0) is 10.7. The highest BCUT2D eigenvalue weighted by molar-refractivity contribution is 5.89. The molecule has 2 N–H and O–H groups in total. The lowest BCUT2D eigenvalue weighted by Gasteiger charge is -2.12. The van der Waals surface area contributed by atoms with Gasteiger partial charge in [-0.1, -0.05) is 0 Å². The largest absolute Gasteiger partial charge is 0.331 e. The molecule has 0 fully saturated rings. The summed E-state index contributed by atoms with van der Waals surface area (Å²) in [5, 5.41) is 19.0. The van der Waals surface area contributed by atoms with Crippen molar-refractivity contribution in [3.05, 3.63) is 18.0 Å². The van der Waals surface area contributed by atoms with E-state index < -0.39 is 0 Å². The molecule has 0 aliphatic heterocycles. The lowest BCUT2D eigenvalue weighted by molar-refractivity contribution is 0.0769. The third-order valence-corrected chi connectivity index (χ3v) is 1.74. The molecule has 0 radical (unpaired) electrons. The predicted octanol–water partition coefficient (Wildman–Crippen LogP) is -1.41. The molecule has 78 valence electrons. The Morgan fingerprint density at radius 1 is 1.60 bits per heavy atom. The Hall–Kier alpha value is -2.32. The number of aromatic amines is 2. The van der Waals surface area contributed by atoms with Crippen molar-refractivity contribution in [2.45, 2.75) is 6.54 Å². The lowest BCUT2D eigenvalue weighted by atomic mass is 10.4. The van der Waals surface area contributed by atoms with E-state index in [0.717, 1.165) is 0 Å². The fourth-order valence-electron chi connectivity index (χ4n) is 1.03. The van der Waals surface area contributed by atoms with Gasteiger partial charge < -0.3 is 4.90 Å². The SMILES string of the molecule is CN(Cc1ncn[nH]1)C(=O)c1nn[nH]n1. The molecule has 0 aliphatic rings. The van der Waals surface area contributed by atoms with Crippen LogP contribution in [0.5, 0.6) is 0 Å². The first-order chi connectivity index (χ1) is 7.27. The summed E-state index contributed by atoms with van der Waals surface area (Å²) >= 11 is 0. The van der Waals surface area contributed by atoms with E-state index in [0.29, 0.717) is 12.4 Å². The topological polar surface area (TPSA) is 116 Å². The van der Waals surface area contributed by atoms with Crippen LogP contribution >= 0.6 is 0 Å². The summed E-state index contributed by atoms with van der Waals surface area (Å²) in [5.74, 6) is 0.284. The first-order valence-corrected chi connectivity index (χ1v) is 4.10. The van der Waals surface area contributed by atoms with Crippen LogP contribution in [0.2, 0.25) is 0 Å². The van der Waals surface area contributed by atoms with Crippen LogP contribution in [-0.4, -0.2) is 53.7 Å². The lowest BCUT2D eigenvalue weighted by Crippen LogP contribution is -2.27. The van der Waals surface area contributed by atoms with Gasteiger partial charge >= 0.3 is 0 Å². The minimum Gasteiger partial charge on any atom is -0.331 e. The number of tetrazole rings is 1. The molecule has 0 atom stereocenters. The number of nitrogens with one attached hydrogen (secondary N) is 2. The molecule has 2 heterocycles. The number of amides is 1. The van der Waals surface area contributed by atoms with Gasteiger partial charge in [0.25, 0.3) is 11.7 Å². The highest BCUT2D eigenvalue weighted by atomic mass is 16.2. The number of nitrogens with zero attached hydrogens (tertiary/aromatic N) is 6. The maximum Gasteiger partial charge on any atom is 0.295 e. The molecule has 0 saturated carbocycles. The van der Waals surface area contributed by atoms with Crippen molar-refractivity contribution in [1.82, 2.24) is 40.7 Å². The predicted molar refractivity (Wildman–Crippen MR) is 46.4 cm³/mol. The molecule has 0 spiro atoms. The Kier molecular flexibility index (Phi) is 2.35. The molecule has 15 heavy (non-hydrogen) atoms. The fourth-order valence-corrected chi connectivity index (χ4v) is 1.03.